The highest BCUT2D eigenvalue weighted by molar-refractivity contribution is 6.30. The van der Waals surface area contributed by atoms with E-state index in [0.29, 0.717) is 23.1 Å². The number of hydrogen-bond donors (Lipinski definition) is 1. The van der Waals surface area contributed by atoms with Gasteiger partial charge in [0.25, 0.3) is 0 Å². The zero-order valence-electron chi connectivity index (χ0n) is 15.8. The van der Waals surface area contributed by atoms with Gasteiger partial charge in [0.1, 0.15) is 0 Å². The molecule has 1 amide bonds. The van der Waals surface area contributed by atoms with Crippen molar-refractivity contribution in [2.24, 2.45) is 0 Å². The molecule has 6 heteroatoms. The minimum Gasteiger partial charge on any atom is -0.493 e. The average Bonchev–Trinajstić information content (AvgIpc) is 2.63. The standard InChI is InChI=1S/C20H25ClN2O3/c1-13-10-18(25-4)19(26-5)11-15(13)12-23(3)14(2)20(24)22-17-8-6-16(21)7-9-17/h6-11,14H,12H2,1-5H3,(H,22,24)/t14-/m1/s1. The highest BCUT2D eigenvalue weighted by Crippen LogP contribution is 2.31. The molecule has 0 aliphatic heterocycles. The normalized spacial score (nSPS) is 12.0. The van der Waals surface area contributed by atoms with Crippen molar-refractivity contribution in [3.63, 3.8) is 0 Å². The molecule has 0 unspecified atom stereocenters. The first kappa shape index (κ1) is 20.1. The smallest absolute Gasteiger partial charge is 0.241 e. The van der Waals surface area contributed by atoms with Crippen molar-refractivity contribution in [1.29, 1.82) is 0 Å². The maximum atomic E-state index is 12.5. The molecule has 1 atom stereocenters. The van der Waals surface area contributed by atoms with Crippen LogP contribution in [0.4, 0.5) is 5.69 Å². The zero-order chi connectivity index (χ0) is 19.3. The van der Waals surface area contributed by atoms with Gasteiger partial charge < -0.3 is 14.8 Å². The lowest BCUT2D eigenvalue weighted by Crippen LogP contribution is -2.39. The molecular weight excluding hydrogens is 352 g/mol. The van der Waals surface area contributed by atoms with E-state index < -0.39 is 0 Å². The lowest BCUT2D eigenvalue weighted by Gasteiger charge is -2.25. The van der Waals surface area contributed by atoms with E-state index in [1.807, 2.05) is 37.9 Å². The summed E-state index contributed by atoms with van der Waals surface area (Å²) in [6, 6.07) is 10.7. The van der Waals surface area contributed by atoms with Crippen LogP contribution in [0, 0.1) is 6.92 Å². The number of methoxy groups -OCH3 is 2. The van der Waals surface area contributed by atoms with E-state index in [4.69, 9.17) is 21.1 Å². The van der Waals surface area contributed by atoms with E-state index in [9.17, 15) is 4.79 Å². The number of rotatable bonds is 7. The number of halogens is 1. The summed E-state index contributed by atoms with van der Waals surface area (Å²) < 4.78 is 10.7. The fourth-order valence-corrected chi connectivity index (χ4v) is 2.70. The summed E-state index contributed by atoms with van der Waals surface area (Å²) in [7, 11) is 5.15. The third kappa shape index (κ3) is 4.90. The van der Waals surface area contributed by atoms with E-state index in [0.717, 1.165) is 16.8 Å². The highest BCUT2D eigenvalue weighted by Gasteiger charge is 2.20. The van der Waals surface area contributed by atoms with Crippen LogP contribution >= 0.6 is 11.6 Å². The summed E-state index contributed by atoms with van der Waals surface area (Å²) in [5, 5.41) is 3.54. The van der Waals surface area contributed by atoms with Crippen LogP contribution in [0.25, 0.3) is 0 Å². The summed E-state index contributed by atoms with van der Waals surface area (Å²) in [6.45, 7) is 4.51. The predicted octanol–water partition coefficient (Wildman–Crippen LogP) is 4.12. The van der Waals surface area contributed by atoms with Gasteiger partial charge in [0.15, 0.2) is 11.5 Å². The number of carbonyl (C=O) groups excluding carboxylic acids is 1. The minimum absolute atomic E-state index is 0.0760. The van der Waals surface area contributed by atoms with Crippen LogP contribution in [0.5, 0.6) is 11.5 Å². The maximum Gasteiger partial charge on any atom is 0.241 e. The van der Waals surface area contributed by atoms with Gasteiger partial charge >= 0.3 is 0 Å². The van der Waals surface area contributed by atoms with Gasteiger partial charge in [-0.05, 0) is 68.4 Å². The van der Waals surface area contributed by atoms with Crippen molar-refractivity contribution in [3.8, 4) is 11.5 Å². The van der Waals surface area contributed by atoms with E-state index >= 15 is 0 Å². The van der Waals surface area contributed by atoms with E-state index in [-0.39, 0.29) is 11.9 Å². The second-order valence-electron chi connectivity index (χ2n) is 6.22. The van der Waals surface area contributed by atoms with Crippen LogP contribution in [0.1, 0.15) is 18.1 Å². The van der Waals surface area contributed by atoms with Crippen LogP contribution < -0.4 is 14.8 Å². The Morgan fingerprint density at radius 1 is 1.15 bits per heavy atom. The number of likely N-dealkylation sites (N-methyl/N-ethyl adjacent to an activating group) is 1. The molecule has 0 heterocycles. The number of aryl methyl sites for hydroxylation is 1. The minimum atomic E-state index is -0.307. The molecule has 5 nitrogen and oxygen atoms in total. The summed E-state index contributed by atoms with van der Waals surface area (Å²) in [6.07, 6.45) is 0. The number of anilines is 1. The zero-order valence-corrected chi connectivity index (χ0v) is 16.6. The molecule has 140 valence electrons. The highest BCUT2D eigenvalue weighted by atomic mass is 35.5. The van der Waals surface area contributed by atoms with Crippen LogP contribution in [0.15, 0.2) is 36.4 Å². The molecule has 26 heavy (non-hydrogen) atoms. The van der Waals surface area contributed by atoms with Crippen molar-refractivity contribution in [3.05, 3.63) is 52.5 Å². The van der Waals surface area contributed by atoms with Crippen LogP contribution in [-0.2, 0) is 11.3 Å². The molecule has 0 radical (unpaired) electrons. The first-order chi connectivity index (χ1) is 12.3. The van der Waals surface area contributed by atoms with Crippen LogP contribution in [-0.4, -0.2) is 38.1 Å². The fraction of sp³-hybridized carbons (Fsp3) is 0.350. The lowest BCUT2D eigenvalue weighted by atomic mass is 10.1. The monoisotopic (exact) mass is 376 g/mol. The van der Waals surface area contributed by atoms with Gasteiger partial charge in [-0.1, -0.05) is 11.6 Å². The fourth-order valence-electron chi connectivity index (χ4n) is 2.58. The van der Waals surface area contributed by atoms with Gasteiger partial charge in [-0.2, -0.15) is 0 Å². The lowest BCUT2D eigenvalue weighted by molar-refractivity contribution is -0.120. The van der Waals surface area contributed by atoms with Crippen molar-refractivity contribution < 1.29 is 14.3 Å². The van der Waals surface area contributed by atoms with E-state index in [1.54, 1.807) is 38.5 Å². The number of carbonyl (C=O) groups is 1. The molecule has 0 aliphatic rings. The number of nitrogens with zero attached hydrogens (tertiary/aromatic N) is 1. The largest absolute Gasteiger partial charge is 0.493 e. The average molecular weight is 377 g/mol. The molecule has 1 N–H and O–H groups in total. The number of nitrogens with one attached hydrogen (secondary N) is 1. The molecule has 2 aromatic rings. The van der Waals surface area contributed by atoms with Gasteiger partial charge in [0.05, 0.1) is 20.3 Å². The first-order valence-electron chi connectivity index (χ1n) is 8.34. The van der Waals surface area contributed by atoms with E-state index in [2.05, 4.69) is 5.32 Å². The van der Waals surface area contributed by atoms with Gasteiger partial charge in [0.2, 0.25) is 5.91 Å². The number of hydrogen-bond acceptors (Lipinski definition) is 4. The van der Waals surface area contributed by atoms with Crippen molar-refractivity contribution >= 4 is 23.2 Å². The molecule has 0 saturated carbocycles. The van der Waals surface area contributed by atoms with E-state index in [1.165, 1.54) is 0 Å². The molecule has 2 rings (SSSR count). The summed E-state index contributed by atoms with van der Waals surface area (Å²) >= 11 is 5.87. The molecule has 0 saturated heterocycles. The quantitative estimate of drug-likeness (QED) is 0.789. The number of amides is 1. The molecule has 0 spiro atoms. The number of ether oxygens (including phenoxy) is 2. The SMILES string of the molecule is COc1cc(C)c(CN(C)[C@H](C)C(=O)Nc2ccc(Cl)cc2)cc1OC. The summed E-state index contributed by atoms with van der Waals surface area (Å²) in [4.78, 5) is 14.5. The van der Waals surface area contributed by atoms with Crippen molar-refractivity contribution in [1.82, 2.24) is 4.90 Å². The molecule has 0 aliphatic carbocycles. The Morgan fingerprint density at radius 3 is 2.31 bits per heavy atom. The molecule has 2 aromatic carbocycles. The Hall–Kier alpha value is -2.24. The topological polar surface area (TPSA) is 50.8 Å². The molecule has 0 fully saturated rings. The van der Waals surface area contributed by atoms with Crippen LogP contribution in [0.2, 0.25) is 5.02 Å². The van der Waals surface area contributed by atoms with Gasteiger partial charge in [-0.3, -0.25) is 9.69 Å². The van der Waals surface area contributed by atoms with Gasteiger partial charge in [0, 0.05) is 17.3 Å². The molecular formula is C20H25ClN2O3. The molecule has 0 bridgehead atoms. The van der Waals surface area contributed by atoms with Gasteiger partial charge in [-0.15, -0.1) is 0 Å². The van der Waals surface area contributed by atoms with Crippen molar-refractivity contribution in [2.75, 3.05) is 26.6 Å². The maximum absolute atomic E-state index is 12.5. The summed E-state index contributed by atoms with van der Waals surface area (Å²) in [5.74, 6) is 1.30. The summed E-state index contributed by atoms with van der Waals surface area (Å²) in [5.41, 5.74) is 2.89. The van der Waals surface area contributed by atoms with Crippen molar-refractivity contribution in [2.45, 2.75) is 26.4 Å². The third-order valence-electron chi connectivity index (χ3n) is 4.41. The van der Waals surface area contributed by atoms with Crippen LogP contribution in [0.3, 0.4) is 0 Å². The second kappa shape index (κ2) is 8.92. The van der Waals surface area contributed by atoms with Gasteiger partial charge in [-0.25, -0.2) is 0 Å². The third-order valence-corrected chi connectivity index (χ3v) is 4.67. The Labute approximate surface area is 159 Å². The molecule has 0 aromatic heterocycles. The predicted molar refractivity (Wildman–Crippen MR) is 105 cm³/mol. The Morgan fingerprint density at radius 2 is 1.73 bits per heavy atom. The Balaban J connectivity index is 2.07. The Bertz CT molecular complexity index is 762. The second-order valence-corrected chi connectivity index (χ2v) is 6.66. The number of benzene rings is 2. The Kier molecular flexibility index (Phi) is 6.89. The first-order valence-corrected chi connectivity index (χ1v) is 8.71.